The van der Waals surface area contributed by atoms with Gasteiger partial charge in [0.25, 0.3) is 0 Å². The monoisotopic (exact) mass is 445 g/mol. The van der Waals surface area contributed by atoms with Gasteiger partial charge in [0, 0.05) is 12.5 Å². The molecule has 2 unspecified atom stereocenters. The summed E-state index contributed by atoms with van der Waals surface area (Å²) in [4.78, 5) is 12.3. The number of amides is 1. The molecule has 3 aromatic rings. The predicted octanol–water partition coefficient (Wildman–Crippen LogP) is 4.93. The van der Waals surface area contributed by atoms with Gasteiger partial charge in [-0.2, -0.15) is 0 Å². The van der Waals surface area contributed by atoms with Crippen LogP contribution in [0.1, 0.15) is 51.8 Å². The summed E-state index contributed by atoms with van der Waals surface area (Å²) in [5.41, 5.74) is 8.55. The first kappa shape index (κ1) is 23.0. The van der Waals surface area contributed by atoms with Crippen molar-refractivity contribution in [3.05, 3.63) is 94.0 Å². The Morgan fingerprint density at radius 3 is 2.12 bits per heavy atom. The van der Waals surface area contributed by atoms with Crippen LogP contribution >= 0.6 is 0 Å². The maximum Gasteiger partial charge on any atom is 0.407 e. The summed E-state index contributed by atoms with van der Waals surface area (Å²) in [5, 5.41) is 23.7. The summed E-state index contributed by atoms with van der Waals surface area (Å²) < 4.78 is 5.52. The zero-order chi connectivity index (χ0) is 23.5. The SMILES string of the molecule is Cc1cc(C)c(C(O)C(O)CCNC(=O)OCC2c3ccccc3-c3ccccc32)cc1C. The number of ether oxygens (including phenoxy) is 1. The van der Waals surface area contributed by atoms with E-state index < -0.39 is 18.3 Å². The number of benzene rings is 3. The summed E-state index contributed by atoms with van der Waals surface area (Å²) in [6.45, 7) is 6.38. The molecule has 0 aliphatic heterocycles. The molecule has 0 saturated carbocycles. The number of alkyl carbamates (subject to hydrolysis) is 1. The maximum atomic E-state index is 12.3. The number of carbonyl (C=O) groups excluding carboxylic acids is 1. The van der Waals surface area contributed by atoms with Crippen molar-refractivity contribution in [1.82, 2.24) is 5.32 Å². The lowest BCUT2D eigenvalue weighted by Crippen LogP contribution is -2.30. The highest BCUT2D eigenvalue weighted by atomic mass is 16.5. The topological polar surface area (TPSA) is 78.8 Å². The van der Waals surface area contributed by atoms with Crippen molar-refractivity contribution in [2.75, 3.05) is 13.2 Å². The van der Waals surface area contributed by atoms with Crippen molar-refractivity contribution >= 4 is 6.09 Å². The molecule has 4 rings (SSSR count). The average molecular weight is 446 g/mol. The minimum Gasteiger partial charge on any atom is -0.449 e. The second-order valence-corrected chi connectivity index (χ2v) is 8.85. The quantitative estimate of drug-likeness (QED) is 0.482. The van der Waals surface area contributed by atoms with Crippen molar-refractivity contribution in [2.45, 2.75) is 45.3 Å². The van der Waals surface area contributed by atoms with Crippen LogP contribution < -0.4 is 5.32 Å². The van der Waals surface area contributed by atoms with Crippen molar-refractivity contribution in [3.63, 3.8) is 0 Å². The molecule has 0 fully saturated rings. The molecule has 0 radical (unpaired) electrons. The Morgan fingerprint density at radius 2 is 1.48 bits per heavy atom. The third-order valence-corrected chi connectivity index (χ3v) is 6.62. The summed E-state index contributed by atoms with van der Waals surface area (Å²) in [7, 11) is 0. The number of rotatable bonds is 7. The number of aryl methyl sites for hydroxylation is 3. The van der Waals surface area contributed by atoms with Crippen molar-refractivity contribution < 1.29 is 19.7 Å². The lowest BCUT2D eigenvalue weighted by Gasteiger charge is -2.21. The summed E-state index contributed by atoms with van der Waals surface area (Å²) in [6.07, 6.45) is -2.30. The molecule has 0 saturated heterocycles. The zero-order valence-corrected chi connectivity index (χ0v) is 19.3. The van der Waals surface area contributed by atoms with Gasteiger partial charge in [-0.3, -0.25) is 0 Å². The first-order valence-electron chi connectivity index (χ1n) is 11.4. The minimum atomic E-state index is -1.01. The highest BCUT2D eigenvalue weighted by molar-refractivity contribution is 5.79. The van der Waals surface area contributed by atoms with Crippen LogP contribution in [-0.4, -0.2) is 35.6 Å². The first-order valence-corrected chi connectivity index (χ1v) is 11.4. The smallest absolute Gasteiger partial charge is 0.407 e. The van der Waals surface area contributed by atoms with E-state index in [9.17, 15) is 15.0 Å². The van der Waals surface area contributed by atoms with Crippen LogP contribution in [0.4, 0.5) is 4.79 Å². The normalized spacial score (nSPS) is 14.3. The fraction of sp³-hybridized carbons (Fsp3) is 0.321. The highest BCUT2D eigenvalue weighted by Crippen LogP contribution is 2.44. The van der Waals surface area contributed by atoms with Crippen LogP contribution in [0.3, 0.4) is 0 Å². The number of aliphatic hydroxyl groups excluding tert-OH is 2. The van der Waals surface area contributed by atoms with Crippen LogP contribution in [0, 0.1) is 20.8 Å². The third-order valence-electron chi connectivity index (χ3n) is 6.62. The molecule has 0 heterocycles. The zero-order valence-electron chi connectivity index (χ0n) is 19.3. The highest BCUT2D eigenvalue weighted by Gasteiger charge is 2.29. The number of aliphatic hydroxyl groups is 2. The van der Waals surface area contributed by atoms with E-state index >= 15 is 0 Å². The Morgan fingerprint density at radius 1 is 0.909 bits per heavy atom. The van der Waals surface area contributed by atoms with Crippen LogP contribution in [-0.2, 0) is 4.74 Å². The van der Waals surface area contributed by atoms with Gasteiger partial charge in [-0.1, -0.05) is 60.7 Å². The van der Waals surface area contributed by atoms with Crippen molar-refractivity contribution in [2.24, 2.45) is 0 Å². The Labute approximate surface area is 195 Å². The van der Waals surface area contributed by atoms with Gasteiger partial charge in [-0.15, -0.1) is 0 Å². The molecule has 1 amide bonds. The van der Waals surface area contributed by atoms with Crippen LogP contribution in [0.25, 0.3) is 11.1 Å². The van der Waals surface area contributed by atoms with Crippen LogP contribution in [0.15, 0.2) is 60.7 Å². The summed E-state index contributed by atoms with van der Waals surface area (Å²) in [6, 6.07) is 20.3. The van der Waals surface area contributed by atoms with E-state index in [4.69, 9.17) is 4.74 Å². The van der Waals surface area contributed by atoms with Gasteiger partial charge < -0.3 is 20.3 Å². The van der Waals surface area contributed by atoms with Gasteiger partial charge >= 0.3 is 6.09 Å². The van der Waals surface area contributed by atoms with E-state index in [1.165, 1.54) is 11.1 Å². The van der Waals surface area contributed by atoms with E-state index in [1.54, 1.807) is 0 Å². The van der Waals surface area contributed by atoms with Gasteiger partial charge in [-0.25, -0.2) is 4.79 Å². The number of fused-ring (bicyclic) bond motifs is 3. The number of hydrogen-bond donors (Lipinski definition) is 3. The molecule has 0 spiro atoms. The molecule has 3 aromatic carbocycles. The van der Waals surface area contributed by atoms with E-state index in [-0.39, 0.29) is 25.5 Å². The standard InChI is InChI=1S/C28H31NO4/c1-17-14-19(3)24(15-18(17)2)27(31)26(30)12-13-29-28(32)33-16-25-22-10-6-4-8-20(22)21-9-5-7-11-23(21)25/h4-11,14-15,25-27,30-31H,12-13,16H2,1-3H3,(H,29,32). The summed E-state index contributed by atoms with van der Waals surface area (Å²) >= 11 is 0. The van der Waals surface area contributed by atoms with E-state index in [0.717, 1.165) is 27.8 Å². The van der Waals surface area contributed by atoms with Gasteiger partial charge in [-0.05, 0) is 71.7 Å². The Kier molecular flexibility index (Phi) is 6.82. The van der Waals surface area contributed by atoms with Gasteiger partial charge in [0.1, 0.15) is 12.7 Å². The van der Waals surface area contributed by atoms with E-state index in [0.29, 0.717) is 5.56 Å². The number of carbonyl (C=O) groups is 1. The molecule has 5 nitrogen and oxygen atoms in total. The molecule has 5 heteroatoms. The third kappa shape index (κ3) is 4.80. The lowest BCUT2D eigenvalue weighted by atomic mass is 9.94. The molecule has 2 atom stereocenters. The second kappa shape index (κ2) is 9.77. The molecule has 3 N–H and O–H groups in total. The molecule has 1 aliphatic rings. The summed E-state index contributed by atoms with van der Waals surface area (Å²) in [5.74, 6) is 0.00307. The van der Waals surface area contributed by atoms with Gasteiger partial charge in [0.15, 0.2) is 0 Å². The second-order valence-electron chi connectivity index (χ2n) is 8.85. The number of hydrogen-bond acceptors (Lipinski definition) is 4. The largest absolute Gasteiger partial charge is 0.449 e. The molecular weight excluding hydrogens is 414 g/mol. The lowest BCUT2D eigenvalue weighted by molar-refractivity contribution is 0.0133. The minimum absolute atomic E-state index is 0.00307. The first-order chi connectivity index (χ1) is 15.9. The van der Waals surface area contributed by atoms with E-state index in [2.05, 4.69) is 29.6 Å². The average Bonchev–Trinajstić information content (AvgIpc) is 3.13. The Balaban J connectivity index is 1.30. The predicted molar refractivity (Wildman–Crippen MR) is 129 cm³/mol. The van der Waals surface area contributed by atoms with Crippen LogP contribution in [0.2, 0.25) is 0 Å². The molecule has 33 heavy (non-hydrogen) atoms. The molecular formula is C28H31NO4. The molecule has 0 bridgehead atoms. The Bertz CT molecular complexity index is 1110. The van der Waals surface area contributed by atoms with Gasteiger partial charge in [0.05, 0.1) is 6.10 Å². The maximum absolute atomic E-state index is 12.3. The van der Waals surface area contributed by atoms with Crippen molar-refractivity contribution in [1.29, 1.82) is 0 Å². The fourth-order valence-electron chi connectivity index (χ4n) is 4.64. The Hall–Kier alpha value is -3.15. The fourth-order valence-corrected chi connectivity index (χ4v) is 4.64. The van der Waals surface area contributed by atoms with Gasteiger partial charge in [0.2, 0.25) is 0 Å². The molecule has 0 aromatic heterocycles. The molecule has 1 aliphatic carbocycles. The number of nitrogens with one attached hydrogen (secondary N) is 1. The van der Waals surface area contributed by atoms with Crippen molar-refractivity contribution in [3.8, 4) is 11.1 Å². The molecule has 172 valence electrons. The van der Waals surface area contributed by atoms with E-state index in [1.807, 2.05) is 57.2 Å². The van der Waals surface area contributed by atoms with Crippen LogP contribution in [0.5, 0.6) is 0 Å².